The number of nitrogens with zero attached hydrogens (tertiary/aromatic N) is 1. The molecular weight excluding hydrogens is 264 g/mol. The molecule has 1 atom stereocenters. The molecule has 1 aliphatic heterocycles. The number of para-hydroxylation sites is 1. The fourth-order valence-electron chi connectivity index (χ4n) is 2.82. The summed E-state index contributed by atoms with van der Waals surface area (Å²) in [6.07, 6.45) is 2.24. The van der Waals surface area contributed by atoms with E-state index in [0.29, 0.717) is 19.5 Å². The molecular formula is C17H24N2O2. The summed E-state index contributed by atoms with van der Waals surface area (Å²) in [4.78, 5) is 25.9. The Bertz CT molecular complexity index is 483. The van der Waals surface area contributed by atoms with E-state index in [0.717, 1.165) is 18.5 Å². The molecule has 2 amide bonds. The molecule has 1 fully saturated rings. The van der Waals surface area contributed by atoms with Gasteiger partial charge in [0.15, 0.2) is 0 Å². The van der Waals surface area contributed by atoms with Gasteiger partial charge in [-0.15, -0.1) is 0 Å². The first-order valence-electron chi connectivity index (χ1n) is 7.78. The molecule has 1 heterocycles. The van der Waals surface area contributed by atoms with Gasteiger partial charge in [-0.1, -0.05) is 32.0 Å². The molecule has 0 saturated carbocycles. The van der Waals surface area contributed by atoms with Gasteiger partial charge in [0.1, 0.15) is 0 Å². The number of hydrogen-bond acceptors (Lipinski definition) is 2. The van der Waals surface area contributed by atoms with Crippen LogP contribution in [0.4, 0.5) is 5.69 Å². The molecule has 1 N–H and O–H groups in total. The lowest BCUT2D eigenvalue weighted by atomic mass is 10.0. The monoisotopic (exact) mass is 288 g/mol. The van der Waals surface area contributed by atoms with Crippen molar-refractivity contribution in [3.63, 3.8) is 0 Å². The van der Waals surface area contributed by atoms with E-state index in [1.54, 1.807) is 0 Å². The van der Waals surface area contributed by atoms with E-state index < -0.39 is 0 Å². The van der Waals surface area contributed by atoms with Crippen molar-refractivity contribution in [3.8, 4) is 0 Å². The van der Waals surface area contributed by atoms with Crippen molar-refractivity contribution in [2.24, 2.45) is 11.8 Å². The summed E-state index contributed by atoms with van der Waals surface area (Å²) in [5, 5.41) is 3.00. The van der Waals surface area contributed by atoms with Crippen molar-refractivity contribution >= 4 is 17.5 Å². The smallest absolute Gasteiger partial charge is 0.227 e. The molecule has 1 saturated heterocycles. The average Bonchev–Trinajstić information content (AvgIpc) is 2.88. The van der Waals surface area contributed by atoms with Crippen molar-refractivity contribution in [2.75, 3.05) is 18.0 Å². The summed E-state index contributed by atoms with van der Waals surface area (Å²) in [7, 11) is 0. The highest BCUT2D eigenvalue weighted by atomic mass is 16.2. The Morgan fingerprint density at radius 3 is 2.57 bits per heavy atom. The third-order valence-electron chi connectivity index (χ3n) is 4.19. The molecule has 1 aromatic carbocycles. The maximum atomic E-state index is 12.1. The minimum atomic E-state index is 0.0901. The van der Waals surface area contributed by atoms with Crippen molar-refractivity contribution in [1.29, 1.82) is 0 Å². The number of benzene rings is 1. The van der Waals surface area contributed by atoms with E-state index in [2.05, 4.69) is 5.32 Å². The SMILES string of the molecule is CCC(CC)C(=O)NCC1CC(=O)N(c2ccccc2)C1. The van der Waals surface area contributed by atoms with Gasteiger partial charge >= 0.3 is 0 Å². The largest absolute Gasteiger partial charge is 0.356 e. The lowest BCUT2D eigenvalue weighted by Gasteiger charge is -2.18. The van der Waals surface area contributed by atoms with Crippen LogP contribution in [0.25, 0.3) is 0 Å². The van der Waals surface area contributed by atoms with Crippen molar-refractivity contribution in [1.82, 2.24) is 5.32 Å². The molecule has 1 aromatic rings. The molecule has 1 unspecified atom stereocenters. The maximum Gasteiger partial charge on any atom is 0.227 e. The highest BCUT2D eigenvalue weighted by Crippen LogP contribution is 2.24. The van der Waals surface area contributed by atoms with E-state index >= 15 is 0 Å². The number of hydrogen-bond donors (Lipinski definition) is 1. The first-order chi connectivity index (χ1) is 10.2. The Balaban J connectivity index is 1.87. The van der Waals surface area contributed by atoms with Gasteiger partial charge in [-0.25, -0.2) is 0 Å². The van der Waals surface area contributed by atoms with Crippen LogP contribution >= 0.6 is 0 Å². The fraction of sp³-hybridized carbons (Fsp3) is 0.529. The van der Waals surface area contributed by atoms with Crippen LogP contribution in [0.3, 0.4) is 0 Å². The van der Waals surface area contributed by atoms with Crippen molar-refractivity contribution in [2.45, 2.75) is 33.1 Å². The Labute approximate surface area is 126 Å². The molecule has 4 nitrogen and oxygen atoms in total. The topological polar surface area (TPSA) is 49.4 Å². The third-order valence-corrected chi connectivity index (χ3v) is 4.19. The number of carbonyl (C=O) groups is 2. The zero-order valence-corrected chi connectivity index (χ0v) is 12.8. The van der Waals surface area contributed by atoms with E-state index in [4.69, 9.17) is 0 Å². The van der Waals surface area contributed by atoms with Crippen LogP contribution in [-0.2, 0) is 9.59 Å². The molecule has 0 bridgehead atoms. The fourth-order valence-corrected chi connectivity index (χ4v) is 2.82. The highest BCUT2D eigenvalue weighted by Gasteiger charge is 2.30. The van der Waals surface area contributed by atoms with Crippen molar-refractivity contribution < 1.29 is 9.59 Å². The molecule has 114 valence electrons. The number of nitrogens with one attached hydrogen (secondary N) is 1. The first-order valence-corrected chi connectivity index (χ1v) is 7.78. The normalized spacial score (nSPS) is 18.3. The second-order valence-corrected chi connectivity index (χ2v) is 5.67. The number of rotatable bonds is 6. The predicted molar refractivity (Wildman–Crippen MR) is 84.0 cm³/mol. The van der Waals surface area contributed by atoms with Gasteiger partial charge in [0.2, 0.25) is 11.8 Å². The van der Waals surface area contributed by atoms with E-state index in [1.165, 1.54) is 0 Å². The van der Waals surface area contributed by atoms with Crippen LogP contribution < -0.4 is 10.2 Å². The van der Waals surface area contributed by atoms with Gasteiger partial charge in [-0.3, -0.25) is 9.59 Å². The van der Waals surface area contributed by atoms with Crippen LogP contribution in [0.1, 0.15) is 33.1 Å². The Morgan fingerprint density at radius 1 is 1.29 bits per heavy atom. The number of anilines is 1. The maximum absolute atomic E-state index is 12.1. The number of amides is 2. The molecule has 0 aliphatic carbocycles. The minimum absolute atomic E-state index is 0.0901. The third kappa shape index (κ3) is 3.84. The lowest BCUT2D eigenvalue weighted by Crippen LogP contribution is -2.35. The second kappa shape index (κ2) is 7.25. The van der Waals surface area contributed by atoms with Crippen LogP contribution in [0, 0.1) is 11.8 Å². The van der Waals surface area contributed by atoms with Gasteiger partial charge in [0.05, 0.1) is 0 Å². The Morgan fingerprint density at radius 2 is 1.95 bits per heavy atom. The van der Waals surface area contributed by atoms with Crippen molar-refractivity contribution in [3.05, 3.63) is 30.3 Å². The van der Waals surface area contributed by atoms with Gasteiger partial charge in [0.25, 0.3) is 0 Å². The first kappa shape index (κ1) is 15.5. The van der Waals surface area contributed by atoms with E-state index in [9.17, 15) is 9.59 Å². The molecule has 21 heavy (non-hydrogen) atoms. The zero-order chi connectivity index (χ0) is 15.2. The standard InChI is InChI=1S/C17H24N2O2/c1-3-14(4-2)17(21)18-11-13-10-16(20)19(12-13)15-8-6-5-7-9-15/h5-9,13-14H,3-4,10-12H2,1-2H3,(H,18,21). The number of carbonyl (C=O) groups excluding carboxylic acids is 2. The zero-order valence-electron chi connectivity index (χ0n) is 12.8. The average molecular weight is 288 g/mol. The van der Waals surface area contributed by atoms with Gasteiger partial charge < -0.3 is 10.2 Å². The van der Waals surface area contributed by atoms with Crippen LogP contribution in [0.2, 0.25) is 0 Å². The molecule has 0 aromatic heterocycles. The van der Waals surface area contributed by atoms with Crippen LogP contribution in [0.5, 0.6) is 0 Å². The van der Waals surface area contributed by atoms with E-state index in [-0.39, 0.29) is 23.7 Å². The molecule has 1 aliphatic rings. The van der Waals surface area contributed by atoms with Gasteiger partial charge in [0, 0.05) is 37.0 Å². The van der Waals surface area contributed by atoms with E-state index in [1.807, 2.05) is 49.1 Å². The van der Waals surface area contributed by atoms with Gasteiger partial charge in [-0.2, -0.15) is 0 Å². The van der Waals surface area contributed by atoms with Crippen LogP contribution in [0.15, 0.2) is 30.3 Å². The Hall–Kier alpha value is -1.84. The van der Waals surface area contributed by atoms with Gasteiger partial charge in [-0.05, 0) is 25.0 Å². The predicted octanol–water partition coefficient (Wildman–Crippen LogP) is 2.59. The van der Waals surface area contributed by atoms with Crippen LogP contribution in [-0.4, -0.2) is 24.9 Å². The Kier molecular flexibility index (Phi) is 5.37. The molecule has 2 rings (SSSR count). The summed E-state index contributed by atoms with van der Waals surface area (Å²) in [6.45, 7) is 5.34. The summed E-state index contributed by atoms with van der Waals surface area (Å²) >= 11 is 0. The highest BCUT2D eigenvalue weighted by molar-refractivity contribution is 5.95. The summed E-state index contributed by atoms with van der Waals surface area (Å²) in [5.41, 5.74) is 0.941. The molecule has 0 radical (unpaired) electrons. The molecule has 0 spiro atoms. The lowest BCUT2D eigenvalue weighted by molar-refractivity contribution is -0.125. The quantitative estimate of drug-likeness (QED) is 0.874. The second-order valence-electron chi connectivity index (χ2n) is 5.67. The summed E-state index contributed by atoms with van der Waals surface area (Å²) < 4.78 is 0. The minimum Gasteiger partial charge on any atom is -0.356 e. The summed E-state index contributed by atoms with van der Waals surface area (Å²) in [5.74, 6) is 0.553. The summed E-state index contributed by atoms with van der Waals surface area (Å²) in [6, 6.07) is 9.71. The molecule has 4 heteroatoms.